The molecule has 102 valence electrons. The predicted molar refractivity (Wildman–Crippen MR) is 70.3 cm³/mol. The fraction of sp³-hybridized carbons (Fsp3) is 0.0833. The summed E-state index contributed by atoms with van der Waals surface area (Å²) in [4.78, 5) is 8.20. The molecule has 0 amide bonds. The Bertz CT molecular complexity index is 830. The highest BCUT2D eigenvalue weighted by atomic mass is 35.5. The van der Waals surface area contributed by atoms with Crippen LogP contribution in [0, 0.1) is 18.6 Å². The molecule has 0 atom stereocenters. The molecule has 0 bridgehead atoms. The first kappa shape index (κ1) is 12.7. The van der Waals surface area contributed by atoms with Crippen LogP contribution in [0.2, 0.25) is 5.02 Å². The second-order valence-electron chi connectivity index (χ2n) is 4.16. The quantitative estimate of drug-likeness (QED) is 0.749. The zero-order chi connectivity index (χ0) is 14.4. The van der Waals surface area contributed by atoms with E-state index in [1.165, 1.54) is 10.6 Å². The van der Waals surface area contributed by atoms with Crippen LogP contribution < -0.4 is 5.73 Å². The second kappa shape index (κ2) is 4.38. The Kier molecular flexibility index (Phi) is 2.79. The molecule has 0 saturated carbocycles. The lowest BCUT2D eigenvalue weighted by Crippen LogP contribution is -2.03. The van der Waals surface area contributed by atoms with Gasteiger partial charge in [0.25, 0.3) is 0 Å². The Morgan fingerprint density at radius 3 is 2.65 bits per heavy atom. The molecule has 3 rings (SSSR count). The number of anilines is 1. The maximum atomic E-state index is 13.3. The van der Waals surface area contributed by atoms with E-state index in [2.05, 4.69) is 15.1 Å². The number of aryl methyl sites for hydroxylation is 1. The van der Waals surface area contributed by atoms with E-state index >= 15 is 0 Å². The minimum Gasteiger partial charge on any atom is -0.382 e. The van der Waals surface area contributed by atoms with E-state index in [-0.39, 0.29) is 16.7 Å². The van der Waals surface area contributed by atoms with Gasteiger partial charge in [0.05, 0.1) is 0 Å². The molecule has 5 nitrogen and oxygen atoms in total. The van der Waals surface area contributed by atoms with Crippen LogP contribution in [0.5, 0.6) is 0 Å². The summed E-state index contributed by atoms with van der Waals surface area (Å²) in [7, 11) is 0. The molecule has 2 N–H and O–H groups in total. The first-order chi connectivity index (χ1) is 9.47. The van der Waals surface area contributed by atoms with Crippen molar-refractivity contribution >= 4 is 23.1 Å². The summed E-state index contributed by atoms with van der Waals surface area (Å²) in [6.07, 6.45) is 0. The van der Waals surface area contributed by atoms with Crippen molar-refractivity contribution in [3.63, 3.8) is 0 Å². The lowest BCUT2D eigenvalue weighted by Gasteiger charge is -2.07. The topological polar surface area (TPSA) is 69.1 Å². The molecule has 1 aromatic carbocycles. The molecule has 0 aliphatic heterocycles. The third kappa shape index (κ3) is 1.87. The van der Waals surface area contributed by atoms with Gasteiger partial charge in [-0.2, -0.15) is 4.52 Å². The summed E-state index contributed by atoms with van der Waals surface area (Å²) in [6, 6.07) is 3.40. The zero-order valence-electron chi connectivity index (χ0n) is 10.2. The van der Waals surface area contributed by atoms with E-state index in [1.807, 2.05) is 0 Å². The lowest BCUT2D eigenvalue weighted by molar-refractivity contribution is 0.509. The van der Waals surface area contributed by atoms with Crippen LogP contribution in [0.15, 0.2) is 18.2 Å². The van der Waals surface area contributed by atoms with E-state index in [0.29, 0.717) is 17.0 Å². The smallest absolute Gasteiger partial charge is 0.180 e. The summed E-state index contributed by atoms with van der Waals surface area (Å²) >= 11 is 6.01. The van der Waals surface area contributed by atoms with Crippen molar-refractivity contribution in [3.05, 3.63) is 40.7 Å². The van der Waals surface area contributed by atoms with Gasteiger partial charge < -0.3 is 5.73 Å². The SMILES string of the molecule is Cc1nc2c(Cl)c(N)nc(-c3ccc(F)c(F)c3)n2n1. The fourth-order valence-electron chi connectivity index (χ4n) is 1.85. The Balaban J connectivity index is 2.35. The van der Waals surface area contributed by atoms with Gasteiger partial charge in [0, 0.05) is 5.56 Å². The highest BCUT2D eigenvalue weighted by Crippen LogP contribution is 2.27. The van der Waals surface area contributed by atoms with E-state index in [4.69, 9.17) is 17.3 Å². The third-order valence-corrected chi connectivity index (χ3v) is 3.10. The summed E-state index contributed by atoms with van der Waals surface area (Å²) in [6.45, 7) is 1.68. The molecule has 0 spiro atoms. The van der Waals surface area contributed by atoms with Gasteiger partial charge in [-0.1, -0.05) is 11.6 Å². The van der Waals surface area contributed by atoms with Crippen LogP contribution in [-0.2, 0) is 0 Å². The van der Waals surface area contributed by atoms with Crippen molar-refractivity contribution < 1.29 is 8.78 Å². The molecule has 0 aliphatic carbocycles. The van der Waals surface area contributed by atoms with Crippen molar-refractivity contribution in [2.24, 2.45) is 0 Å². The number of benzene rings is 1. The normalized spacial score (nSPS) is 11.2. The average molecular weight is 296 g/mol. The standard InChI is InChI=1S/C12H8ClF2N5/c1-5-17-12-9(13)10(16)18-11(20(12)19-5)6-2-3-7(14)8(15)4-6/h2-4H,16H2,1H3. The minimum atomic E-state index is -0.984. The molecule has 3 aromatic rings. The van der Waals surface area contributed by atoms with Gasteiger partial charge in [-0.25, -0.2) is 18.7 Å². The van der Waals surface area contributed by atoms with E-state index in [1.54, 1.807) is 6.92 Å². The molecule has 8 heteroatoms. The number of rotatable bonds is 1. The number of nitrogens with two attached hydrogens (primary N) is 1. The summed E-state index contributed by atoms with van der Waals surface area (Å²) in [5.41, 5.74) is 6.35. The van der Waals surface area contributed by atoms with E-state index in [0.717, 1.165) is 12.1 Å². The highest BCUT2D eigenvalue weighted by Gasteiger charge is 2.16. The number of fused-ring (bicyclic) bond motifs is 1. The maximum Gasteiger partial charge on any atom is 0.180 e. The molecule has 2 aromatic heterocycles. The maximum absolute atomic E-state index is 13.3. The van der Waals surface area contributed by atoms with Gasteiger partial charge in [0.2, 0.25) is 0 Å². The zero-order valence-corrected chi connectivity index (χ0v) is 11.0. The van der Waals surface area contributed by atoms with Crippen LogP contribution in [-0.4, -0.2) is 19.6 Å². The number of nitrogens with zero attached hydrogens (tertiary/aromatic N) is 4. The number of nitrogen functional groups attached to an aromatic ring is 1. The van der Waals surface area contributed by atoms with Crippen LogP contribution >= 0.6 is 11.6 Å². The number of aromatic nitrogens is 4. The van der Waals surface area contributed by atoms with Gasteiger partial charge in [0.15, 0.2) is 23.1 Å². The lowest BCUT2D eigenvalue weighted by atomic mass is 10.2. The number of hydrogen-bond acceptors (Lipinski definition) is 4. The van der Waals surface area contributed by atoms with Gasteiger partial charge in [-0.15, -0.1) is 5.10 Å². The van der Waals surface area contributed by atoms with Gasteiger partial charge in [-0.05, 0) is 25.1 Å². The van der Waals surface area contributed by atoms with Crippen molar-refractivity contribution in [3.8, 4) is 11.4 Å². The van der Waals surface area contributed by atoms with E-state index < -0.39 is 11.6 Å². The monoisotopic (exact) mass is 295 g/mol. The van der Waals surface area contributed by atoms with Crippen molar-refractivity contribution in [2.75, 3.05) is 5.73 Å². The van der Waals surface area contributed by atoms with Crippen molar-refractivity contribution in [1.82, 2.24) is 19.6 Å². The molecule has 2 heterocycles. The molecule has 0 saturated heterocycles. The van der Waals surface area contributed by atoms with Crippen molar-refractivity contribution in [1.29, 1.82) is 0 Å². The first-order valence-corrected chi connectivity index (χ1v) is 5.99. The molecule has 20 heavy (non-hydrogen) atoms. The molecule has 0 fully saturated rings. The van der Waals surface area contributed by atoms with Gasteiger partial charge in [0.1, 0.15) is 16.7 Å². The molecular weight excluding hydrogens is 288 g/mol. The van der Waals surface area contributed by atoms with Gasteiger partial charge in [-0.3, -0.25) is 0 Å². The van der Waals surface area contributed by atoms with Crippen LogP contribution in [0.3, 0.4) is 0 Å². The minimum absolute atomic E-state index is 0.0475. The first-order valence-electron chi connectivity index (χ1n) is 5.61. The van der Waals surface area contributed by atoms with Crippen molar-refractivity contribution in [2.45, 2.75) is 6.92 Å². The van der Waals surface area contributed by atoms with Crippen LogP contribution in [0.25, 0.3) is 17.0 Å². The number of hydrogen-bond donors (Lipinski definition) is 1. The number of halogens is 3. The van der Waals surface area contributed by atoms with E-state index in [9.17, 15) is 8.78 Å². The summed E-state index contributed by atoms with van der Waals surface area (Å²) < 4.78 is 27.7. The molecular formula is C12H8ClF2N5. The third-order valence-electron chi connectivity index (χ3n) is 2.74. The summed E-state index contributed by atoms with van der Waals surface area (Å²) in [5, 5.41) is 4.29. The second-order valence-corrected chi connectivity index (χ2v) is 4.54. The highest BCUT2D eigenvalue weighted by molar-refractivity contribution is 6.35. The average Bonchev–Trinajstić information content (AvgIpc) is 2.79. The Labute approximate surface area is 117 Å². The molecule has 0 aliphatic rings. The Morgan fingerprint density at radius 2 is 1.95 bits per heavy atom. The fourth-order valence-corrected chi connectivity index (χ4v) is 2.02. The van der Waals surface area contributed by atoms with Gasteiger partial charge >= 0.3 is 0 Å². The van der Waals surface area contributed by atoms with Crippen LogP contribution in [0.1, 0.15) is 5.82 Å². The Morgan fingerprint density at radius 1 is 1.20 bits per heavy atom. The summed E-state index contributed by atoms with van der Waals surface area (Å²) in [5.74, 6) is -1.18. The molecule has 0 radical (unpaired) electrons. The predicted octanol–water partition coefficient (Wildman–Crippen LogP) is 2.61. The largest absolute Gasteiger partial charge is 0.382 e. The van der Waals surface area contributed by atoms with Crippen LogP contribution in [0.4, 0.5) is 14.6 Å². The molecule has 0 unspecified atom stereocenters. The Hall–Kier alpha value is -2.28.